The maximum atomic E-state index is 12.8. The normalized spacial score (nSPS) is 11.2. The van der Waals surface area contributed by atoms with Gasteiger partial charge in [0.1, 0.15) is 0 Å². The van der Waals surface area contributed by atoms with E-state index in [0.29, 0.717) is 27.9 Å². The molecule has 0 atom stereocenters. The fourth-order valence-electron chi connectivity index (χ4n) is 2.91. The molecule has 0 unspecified atom stereocenters. The predicted octanol–water partition coefficient (Wildman–Crippen LogP) is 3.90. The first-order chi connectivity index (χ1) is 11.7. The summed E-state index contributed by atoms with van der Waals surface area (Å²) in [6, 6.07) is 8.44. The molecule has 2 aromatic rings. The molecule has 0 spiro atoms. The number of aryl methyl sites for hydroxylation is 4. The fraction of sp³-hybridized carbons (Fsp3) is 0.316. The van der Waals surface area contributed by atoms with Gasteiger partial charge < -0.3 is 4.74 Å². The third-order valence-electron chi connectivity index (χ3n) is 3.86. The molecule has 0 aliphatic carbocycles. The number of hydrogen-bond donors (Lipinski definition) is 1. The number of carbonyl (C=O) groups is 1. The van der Waals surface area contributed by atoms with Crippen molar-refractivity contribution in [1.82, 2.24) is 0 Å². The number of carbonyl (C=O) groups excluding carboxylic acids is 1. The van der Waals surface area contributed by atoms with Crippen LogP contribution in [-0.4, -0.2) is 21.0 Å². The minimum atomic E-state index is -3.72. The van der Waals surface area contributed by atoms with Crippen LogP contribution in [0.3, 0.4) is 0 Å². The molecule has 2 rings (SSSR count). The van der Waals surface area contributed by atoms with Gasteiger partial charge in [-0.3, -0.25) is 4.72 Å². The largest absolute Gasteiger partial charge is 0.462 e. The number of sulfonamides is 1. The molecule has 25 heavy (non-hydrogen) atoms. The molecular weight excluding hydrogens is 338 g/mol. The van der Waals surface area contributed by atoms with Crippen molar-refractivity contribution in [3.8, 4) is 0 Å². The second-order valence-corrected chi connectivity index (χ2v) is 7.70. The highest BCUT2D eigenvalue weighted by molar-refractivity contribution is 7.92. The summed E-state index contributed by atoms with van der Waals surface area (Å²) >= 11 is 0. The Morgan fingerprint density at radius 2 is 1.60 bits per heavy atom. The molecule has 0 fully saturated rings. The number of hydrogen-bond acceptors (Lipinski definition) is 4. The van der Waals surface area contributed by atoms with E-state index in [4.69, 9.17) is 4.74 Å². The monoisotopic (exact) mass is 361 g/mol. The minimum absolute atomic E-state index is 0.284. The summed E-state index contributed by atoms with van der Waals surface area (Å²) in [5, 5.41) is 0. The Hall–Kier alpha value is -2.34. The Morgan fingerprint density at radius 3 is 2.12 bits per heavy atom. The van der Waals surface area contributed by atoms with Gasteiger partial charge in [0.05, 0.1) is 22.8 Å². The Balaban J connectivity index is 2.38. The summed E-state index contributed by atoms with van der Waals surface area (Å²) in [5.41, 5.74) is 3.90. The lowest BCUT2D eigenvalue weighted by atomic mass is 10.1. The maximum absolute atomic E-state index is 12.8. The van der Waals surface area contributed by atoms with Crippen molar-refractivity contribution in [2.75, 3.05) is 11.3 Å². The summed E-state index contributed by atoms with van der Waals surface area (Å²) < 4.78 is 33.2. The van der Waals surface area contributed by atoms with Crippen LogP contribution in [0.15, 0.2) is 35.2 Å². The van der Waals surface area contributed by atoms with Crippen LogP contribution >= 0.6 is 0 Å². The van der Waals surface area contributed by atoms with Crippen molar-refractivity contribution in [2.45, 2.75) is 39.5 Å². The number of esters is 1. The average molecular weight is 361 g/mol. The first kappa shape index (κ1) is 19.0. The molecule has 0 aromatic heterocycles. The summed E-state index contributed by atoms with van der Waals surface area (Å²) in [5.74, 6) is -0.426. The molecule has 1 N–H and O–H groups in total. The van der Waals surface area contributed by atoms with Crippen LogP contribution < -0.4 is 4.72 Å². The van der Waals surface area contributed by atoms with Gasteiger partial charge in [0.2, 0.25) is 0 Å². The lowest BCUT2D eigenvalue weighted by molar-refractivity contribution is 0.0526. The third-order valence-corrected chi connectivity index (χ3v) is 5.53. The van der Waals surface area contributed by atoms with Crippen LogP contribution in [0.4, 0.5) is 5.69 Å². The first-order valence-corrected chi connectivity index (χ1v) is 9.52. The standard InChI is InChI=1S/C19H23NO4S/c1-6-24-19(21)16-7-8-17(13(3)11-16)20-25(22,23)18-14(4)9-12(2)10-15(18)5/h7-11,20H,6H2,1-5H3. The Labute approximate surface area is 149 Å². The molecule has 0 aliphatic heterocycles. The Morgan fingerprint density at radius 1 is 1.00 bits per heavy atom. The zero-order valence-corrected chi connectivity index (χ0v) is 16.0. The van der Waals surface area contributed by atoms with Crippen molar-refractivity contribution < 1.29 is 17.9 Å². The number of benzene rings is 2. The van der Waals surface area contributed by atoms with E-state index in [-0.39, 0.29) is 11.5 Å². The van der Waals surface area contributed by atoms with Crippen LogP contribution in [0.1, 0.15) is 39.5 Å². The van der Waals surface area contributed by atoms with Gasteiger partial charge in [0, 0.05) is 0 Å². The van der Waals surface area contributed by atoms with E-state index < -0.39 is 16.0 Å². The van der Waals surface area contributed by atoms with Crippen molar-refractivity contribution >= 4 is 21.7 Å². The lowest BCUT2D eigenvalue weighted by Gasteiger charge is -2.15. The van der Waals surface area contributed by atoms with Crippen LogP contribution in [0, 0.1) is 27.7 Å². The predicted molar refractivity (Wildman–Crippen MR) is 98.6 cm³/mol. The summed E-state index contributed by atoms with van der Waals surface area (Å²) in [6.07, 6.45) is 0. The fourth-order valence-corrected chi connectivity index (χ4v) is 4.49. The summed E-state index contributed by atoms with van der Waals surface area (Å²) in [4.78, 5) is 12.1. The molecule has 0 saturated heterocycles. The third kappa shape index (κ3) is 4.20. The average Bonchev–Trinajstić information content (AvgIpc) is 2.47. The summed E-state index contributed by atoms with van der Waals surface area (Å²) in [7, 11) is -3.72. The quantitative estimate of drug-likeness (QED) is 0.820. The number of nitrogens with one attached hydrogen (secondary N) is 1. The zero-order valence-electron chi connectivity index (χ0n) is 15.1. The smallest absolute Gasteiger partial charge is 0.338 e. The first-order valence-electron chi connectivity index (χ1n) is 8.04. The van der Waals surface area contributed by atoms with Crippen LogP contribution in [0.25, 0.3) is 0 Å². The summed E-state index contributed by atoms with van der Waals surface area (Å²) in [6.45, 7) is 9.27. The van der Waals surface area contributed by atoms with Gasteiger partial charge in [-0.05, 0) is 69.5 Å². The maximum Gasteiger partial charge on any atom is 0.338 e. The highest BCUT2D eigenvalue weighted by Crippen LogP contribution is 2.26. The van der Waals surface area contributed by atoms with Crippen molar-refractivity contribution in [3.63, 3.8) is 0 Å². The van der Waals surface area contributed by atoms with E-state index in [2.05, 4.69) is 4.72 Å². The molecular formula is C19H23NO4S. The van der Waals surface area contributed by atoms with E-state index >= 15 is 0 Å². The van der Waals surface area contributed by atoms with Crippen LogP contribution in [0.5, 0.6) is 0 Å². The molecule has 0 amide bonds. The van der Waals surface area contributed by atoms with Gasteiger partial charge in [-0.2, -0.15) is 0 Å². The van der Waals surface area contributed by atoms with Gasteiger partial charge in [-0.25, -0.2) is 13.2 Å². The van der Waals surface area contributed by atoms with Gasteiger partial charge in [0.15, 0.2) is 0 Å². The van der Waals surface area contributed by atoms with E-state index in [9.17, 15) is 13.2 Å². The molecule has 0 saturated carbocycles. The molecule has 0 bridgehead atoms. The minimum Gasteiger partial charge on any atom is -0.462 e. The second-order valence-electron chi connectivity index (χ2n) is 6.08. The molecule has 0 heterocycles. The van der Waals surface area contributed by atoms with Crippen LogP contribution in [0.2, 0.25) is 0 Å². The molecule has 2 aromatic carbocycles. The van der Waals surface area contributed by atoms with Crippen molar-refractivity contribution in [3.05, 3.63) is 58.1 Å². The van der Waals surface area contributed by atoms with Crippen LogP contribution in [-0.2, 0) is 14.8 Å². The number of rotatable bonds is 5. The lowest BCUT2D eigenvalue weighted by Crippen LogP contribution is -2.17. The van der Waals surface area contributed by atoms with Crippen molar-refractivity contribution in [1.29, 1.82) is 0 Å². The Kier molecular flexibility index (Phi) is 5.52. The molecule has 5 nitrogen and oxygen atoms in total. The van der Waals surface area contributed by atoms with E-state index in [1.807, 2.05) is 19.1 Å². The second kappa shape index (κ2) is 7.27. The van der Waals surface area contributed by atoms with Gasteiger partial charge in [-0.1, -0.05) is 17.7 Å². The number of ether oxygens (including phenoxy) is 1. The molecule has 6 heteroatoms. The van der Waals surface area contributed by atoms with Gasteiger partial charge >= 0.3 is 5.97 Å². The highest BCUT2D eigenvalue weighted by atomic mass is 32.2. The topological polar surface area (TPSA) is 72.5 Å². The molecule has 134 valence electrons. The molecule has 0 radical (unpaired) electrons. The Bertz CT molecular complexity index is 894. The van der Waals surface area contributed by atoms with E-state index in [1.54, 1.807) is 45.9 Å². The van der Waals surface area contributed by atoms with E-state index in [0.717, 1.165) is 5.56 Å². The molecule has 0 aliphatic rings. The highest BCUT2D eigenvalue weighted by Gasteiger charge is 2.21. The van der Waals surface area contributed by atoms with Gasteiger partial charge in [0.25, 0.3) is 10.0 Å². The number of anilines is 1. The SMILES string of the molecule is CCOC(=O)c1ccc(NS(=O)(=O)c2c(C)cc(C)cc2C)c(C)c1. The van der Waals surface area contributed by atoms with Gasteiger partial charge in [-0.15, -0.1) is 0 Å². The zero-order chi connectivity index (χ0) is 18.8. The van der Waals surface area contributed by atoms with E-state index in [1.165, 1.54) is 0 Å². The van der Waals surface area contributed by atoms with Crippen molar-refractivity contribution in [2.24, 2.45) is 0 Å².